The van der Waals surface area contributed by atoms with Gasteiger partial charge in [-0.25, -0.2) is 22.9 Å². The van der Waals surface area contributed by atoms with Crippen molar-refractivity contribution in [1.82, 2.24) is 24.2 Å². The fraction of sp³-hybridized carbons (Fsp3) is 0.500. The molecule has 2 aromatic heterocycles. The van der Waals surface area contributed by atoms with E-state index in [0.717, 1.165) is 22.7 Å². The molecule has 0 spiro atoms. The van der Waals surface area contributed by atoms with E-state index in [1.54, 1.807) is 6.20 Å². The number of nitrogens with one attached hydrogen (secondary N) is 1. The number of aromatic nitrogens is 3. The second-order valence-electron chi connectivity index (χ2n) is 9.06. The number of sulfonamides is 1. The lowest BCUT2D eigenvalue weighted by atomic mass is 10.0. The van der Waals surface area contributed by atoms with Crippen LogP contribution in [-0.4, -0.2) is 63.9 Å². The number of rotatable bonds is 9. The molecule has 0 fully saturated rings. The number of alkyl halides is 1. The third-order valence-corrected chi connectivity index (χ3v) is 6.45. The first kappa shape index (κ1) is 25.2. The predicted molar refractivity (Wildman–Crippen MR) is 130 cm³/mol. The minimum atomic E-state index is -3.44. The molecule has 0 saturated heterocycles. The SMILES string of the molecule is CC(C)(C)N(CCC[C@@H](CNS(C)(=O)=O)n1c(CCl)nc2cnc3ccccc3c21)C(=O)O. The van der Waals surface area contributed by atoms with Crippen LogP contribution in [0.15, 0.2) is 30.5 Å². The van der Waals surface area contributed by atoms with Gasteiger partial charge in [0.25, 0.3) is 0 Å². The Hall–Kier alpha value is -2.43. The molecule has 9 nitrogen and oxygen atoms in total. The summed E-state index contributed by atoms with van der Waals surface area (Å²) in [6.07, 6.45) is 2.87. The molecular formula is C22H30ClN5O4S. The summed E-state index contributed by atoms with van der Waals surface area (Å²) in [5, 5.41) is 10.5. The molecule has 2 N–H and O–H groups in total. The molecule has 0 aliphatic rings. The summed E-state index contributed by atoms with van der Waals surface area (Å²) >= 11 is 6.25. The predicted octanol–water partition coefficient (Wildman–Crippen LogP) is 3.97. The highest BCUT2D eigenvalue weighted by atomic mass is 35.5. The molecular weight excluding hydrogens is 466 g/mol. The van der Waals surface area contributed by atoms with Gasteiger partial charge in [0.15, 0.2) is 0 Å². The van der Waals surface area contributed by atoms with Crippen molar-refractivity contribution in [1.29, 1.82) is 0 Å². The smallest absolute Gasteiger partial charge is 0.407 e. The second kappa shape index (κ2) is 9.82. The van der Waals surface area contributed by atoms with E-state index in [1.165, 1.54) is 4.90 Å². The van der Waals surface area contributed by atoms with Crippen LogP contribution in [0.1, 0.15) is 45.5 Å². The van der Waals surface area contributed by atoms with Crippen LogP contribution in [-0.2, 0) is 15.9 Å². The average Bonchev–Trinajstić information content (AvgIpc) is 3.10. The number of fused-ring (bicyclic) bond motifs is 3. The third-order valence-electron chi connectivity index (χ3n) is 5.52. The molecule has 0 aliphatic heterocycles. The van der Waals surface area contributed by atoms with Crippen LogP contribution in [0.3, 0.4) is 0 Å². The van der Waals surface area contributed by atoms with Gasteiger partial charge in [-0.3, -0.25) is 4.98 Å². The lowest BCUT2D eigenvalue weighted by molar-refractivity contribution is 0.0982. The van der Waals surface area contributed by atoms with Crippen LogP contribution in [0.5, 0.6) is 0 Å². The lowest BCUT2D eigenvalue weighted by Crippen LogP contribution is -2.45. The van der Waals surface area contributed by atoms with Crippen molar-refractivity contribution in [2.24, 2.45) is 0 Å². The van der Waals surface area contributed by atoms with Crippen molar-refractivity contribution in [3.05, 3.63) is 36.3 Å². The Labute approximate surface area is 198 Å². The van der Waals surface area contributed by atoms with Crippen LogP contribution in [0, 0.1) is 0 Å². The number of halogens is 1. The first-order valence-electron chi connectivity index (χ1n) is 10.7. The number of hydrogen-bond acceptors (Lipinski definition) is 5. The van der Waals surface area contributed by atoms with E-state index in [4.69, 9.17) is 11.6 Å². The first-order valence-corrected chi connectivity index (χ1v) is 13.1. The monoisotopic (exact) mass is 495 g/mol. The quantitative estimate of drug-likeness (QED) is 0.434. The topological polar surface area (TPSA) is 117 Å². The molecule has 1 aromatic carbocycles. The number of carboxylic acid groups (broad SMARTS) is 1. The molecule has 0 bridgehead atoms. The Balaban J connectivity index is 2.03. The van der Waals surface area contributed by atoms with Gasteiger partial charge in [-0.2, -0.15) is 0 Å². The van der Waals surface area contributed by atoms with E-state index in [-0.39, 0.29) is 18.5 Å². The average molecular weight is 496 g/mol. The van der Waals surface area contributed by atoms with Gasteiger partial charge in [-0.05, 0) is 39.7 Å². The van der Waals surface area contributed by atoms with Crippen molar-refractivity contribution < 1.29 is 18.3 Å². The summed E-state index contributed by atoms with van der Waals surface area (Å²) in [4.78, 5) is 22.2. The number of imidazole rings is 1. The number of hydrogen-bond donors (Lipinski definition) is 2. The van der Waals surface area contributed by atoms with Gasteiger partial charge in [-0.1, -0.05) is 18.2 Å². The fourth-order valence-corrected chi connectivity index (χ4v) is 4.72. The standard InChI is InChI=1S/C22H30ClN5O4S/c1-22(2,3)27(21(29)30)11-7-8-15(13-25-33(4,31)32)28-19(12-23)26-18-14-24-17-10-6-5-9-16(17)20(18)28/h5-6,9-10,14-15,25H,7-8,11-13H2,1-4H3,(H,29,30)/t15-/m0/s1. The molecule has 0 aliphatic carbocycles. The molecule has 1 amide bonds. The molecule has 11 heteroatoms. The van der Waals surface area contributed by atoms with Crippen LogP contribution < -0.4 is 4.72 Å². The van der Waals surface area contributed by atoms with Gasteiger partial charge in [-0.15, -0.1) is 11.6 Å². The molecule has 0 unspecified atom stereocenters. The van der Waals surface area contributed by atoms with Crippen molar-refractivity contribution in [3.63, 3.8) is 0 Å². The van der Waals surface area contributed by atoms with Crippen molar-refractivity contribution in [2.45, 2.75) is 51.1 Å². The second-order valence-corrected chi connectivity index (χ2v) is 11.2. The zero-order chi connectivity index (χ0) is 24.4. The number of carbonyl (C=O) groups is 1. The third kappa shape index (κ3) is 5.93. The summed E-state index contributed by atoms with van der Waals surface area (Å²) in [5.74, 6) is 0.748. The van der Waals surface area contributed by atoms with Gasteiger partial charge in [0.2, 0.25) is 10.0 Å². The molecule has 0 radical (unpaired) electrons. The maximum atomic E-state index is 11.9. The minimum Gasteiger partial charge on any atom is -0.465 e. The Morgan fingerprint density at radius 3 is 2.58 bits per heavy atom. The number of amides is 1. The maximum absolute atomic E-state index is 11.9. The van der Waals surface area contributed by atoms with E-state index < -0.39 is 21.7 Å². The van der Waals surface area contributed by atoms with Gasteiger partial charge >= 0.3 is 6.09 Å². The number of benzene rings is 1. The molecule has 33 heavy (non-hydrogen) atoms. The largest absolute Gasteiger partial charge is 0.465 e. The van der Waals surface area contributed by atoms with Gasteiger partial charge in [0.1, 0.15) is 11.3 Å². The molecule has 180 valence electrons. The highest BCUT2D eigenvalue weighted by molar-refractivity contribution is 7.88. The van der Waals surface area contributed by atoms with Gasteiger partial charge < -0.3 is 14.6 Å². The Kier molecular flexibility index (Phi) is 7.50. The highest BCUT2D eigenvalue weighted by Crippen LogP contribution is 2.30. The van der Waals surface area contributed by atoms with Gasteiger partial charge in [0.05, 0.1) is 29.4 Å². The summed E-state index contributed by atoms with van der Waals surface area (Å²) in [5.41, 5.74) is 1.77. The minimum absolute atomic E-state index is 0.132. The van der Waals surface area contributed by atoms with E-state index in [2.05, 4.69) is 14.7 Å². The summed E-state index contributed by atoms with van der Waals surface area (Å²) < 4.78 is 28.3. The molecule has 3 aromatic rings. The molecule has 2 heterocycles. The molecule has 0 saturated carbocycles. The van der Waals surface area contributed by atoms with Gasteiger partial charge in [0, 0.05) is 30.1 Å². The van der Waals surface area contributed by atoms with Crippen LogP contribution >= 0.6 is 11.6 Å². The van der Waals surface area contributed by atoms with Crippen LogP contribution in [0.2, 0.25) is 0 Å². The van der Waals surface area contributed by atoms with E-state index in [0.29, 0.717) is 30.7 Å². The summed E-state index contributed by atoms with van der Waals surface area (Å²) in [7, 11) is -3.44. The van der Waals surface area contributed by atoms with E-state index in [1.807, 2.05) is 49.6 Å². The number of nitrogens with zero attached hydrogens (tertiary/aromatic N) is 4. The zero-order valence-corrected chi connectivity index (χ0v) is 20.8. The van der Waals surface area contributed by atoms with Crippen molar-refractivity contribution in [3.8, 4) is 0 Å². The number of pyridine rings is 1. The Bertz CT molecular complexity index is 1250. The van der Waals surface area contributed by atoms with Crippen LogP contribution in [0.4, 0.5) is 4.79 Å². The van der Waals surface area contributed by atoms with E-state index in [9.17, 15) is 18.3 Å². The molecule has 3 rings (SSSR count). The van der Waals surface area contributed by atoms with E-state index >= 15 is 0 Å². The first-order chi connectivity index (χ1) is 15.4. The Morgan fingerprint density at radius 1 is 1.27 bits per heavy atom. The summed E-state index contributed by atoms with van der Waals surface area (Å²) in [6.45, 7) is 5.99. The summed E-state index contributed by atoms with van der Waals surface area (Å²) in [6, 6.07) is 7.36. The molecule has 1 atom stereocenters. The Morgan fingerprint density at radius 2 is 1.97 bits per heavy atom. The number of para-hydroxylation sites is 1. The van der Waals surface area contributed by atoms with Crippen LogP contribution in [0.25, 0.3) is 21.9 Å². The maximum Gasteiger partial charge on any atom is 0.407 e. The fourth-order valence-electron chi connectivity index (χ4n) is 4.03. The lowest BCUT2D eigenvalue weighted by Gasteiger charge is -2.33. The zero-order valence-electron chi connectivity index (χ0n) is 19.2. The normalized spacial score (nSPS) is 13.5. The highest BCUT2D eigenvalue weighted by Gasteiger charge is 2.27. The van der Waals surface area contributed by atoms with Crippen molar-refractivity contribution >= 4 is 49.7 Å². The van der Waals surface area contributed by atoms with Crippen molar-refractivity contribution in [2.75, 3.05) is 19.3 Å².